The van der Waals surface area contributed by atoms with Crippen molar-refractivity contribution in [3.05, 3.63) is 64.2 Å². The maximum Gasteiger partial charge on any atom is 0.269 e. The van der Waals surface area contributed by atoms with Crippen molar-refractivity contribution in [1.82, 2.24) is 0 Å². The molecular weight excluding hydrogens is 296 g/mol. The maximum atomic E-state index is 11.1. The van der Waals surface area contributed by atoms with Gasteiger partial charge in [0.15, 0.2) is 0 Å². The van der Waals surface area contributed by atoms with Gasteiger partial charge in [-0.15, -0.1) is 0 Å². The maximum absolute atomic E-state index is 11.1. The summed E-state index contributed by atoms with van der Waals surface area (Å²) >= 11 is 0. The summed E-state index contributed by atoms with van der Waals surface area (Å²) in [6.45, 7) is 0.135. The van der Waals surface area contributed by atoms with Crippen LogP contribution in [0.15, 0.2) is 53.4 Å². The topological polar surface area (TPSA) is 113 Å². The fourth-order valence-corrected chi connectivity index (χ4v) is 2.17. The molecule has 21 heavy (non-hydrogen) atoms. The van der Waals surface area contributed by atoms with Crippen LogP contribution in [-0.4, -0.2) is 13.3 Å². The summed E-state index contributed by atoms with van der Waals surface area (Å²) in [7, 11) is -3.73. The van der Waals surface area contributed by atoms with Gasteiger partial charge in [0.25, 0.3) is 5.69 Å². The Bertz CT molecular complexity index is 756. The van der Waals surface area contributed by atoms with Crippen LogP contribution in [-0.2, 0) is 16.6 Å². The molecule has 7 nitrogen and oxygen atoms in total. The summed E-state index contributed by atoms with van der Waals surface area (Å²) in [5, 5.41) is 15.6. The first kappa shape index (κ1) is 14.9. The molecule has 2 aromatic carbocycles. The van der Waals surface area contributed by atoms with E-state index in [2.05, 4.69) is 0 Å². The minimum absolute atomic E-state index is 0.00908. The Morgan fingerprint density at radius 3 is 2.38 bits per heavy atom. The zero-order valence-electron chi connectivity index (χ0n) is 10.8. The lowest BCUT2D eigenvalue weighted by atomic mass is 10.2. The van der Waals surface area contributed by atoms with Crippen molar-refractivity contribution in [3.8, 4) is 5.75 Å². The van der Waals surface area contributed by atoms with Gasteiger partial charge < -0.3 is 4.74 Å². The lowest BCUT2D eigenvalue weighted by Crippen LogP contribution is -2.11. The molecule has 0 amide bonds. The average Bonchev–Trinajstić information content (AvgIpc) is 2.45. The summed E-state index contributed by atoms with van der Waals surface area (Å²) in [5.74, 6) is 0.439. The molecule has 0 spiro atoms. The molecule has 0 radical (unpaired) electrons. The van der Waals surface area contributed by atoms with Crippen LogP contribution in [0.4, 0.5) is 5.69 Å². The van der Waals surface area contributed by atoms with Crippen molar-refractivity contribution in [3.63, 3.8) is 0 Å². The molecule has 0 bridgehead atoms. The molecule has 0 saturated carbocycles. The molecule has 0 fully saturated rings. The van der Waals surface area contributed by atoms with E-state index in [0.717, 1.165) is 0 Å². The number of hydrogen-bond acceptors (Lipinski definition) is 5. The molecular formula is C13H12N2O5S. The van der Waals surface area contributed by atoms with Crippen LogP contribution in [0, 0.1) is 10.1 Å². The number of nitro groups is 1. The number of benzene rings is 2. The molecule has 0 saturated heterocycles. The number of hydrogen-bond donors (Lipinski definition) is 1. The molecule has 0 heterocycles. The highest BCUT2D eigenvalue weighted by atomic mass is 32.2. The van der Waals surface area contributed by atoms with Crippen molar-refractivity contribution in [1.29, 1.82) is 0 Å². The van der Waals surface area contributed by atoms with E-state index in [1.807, 2.05) is 0 Å². The number of primary sulfonamides is 1. The van der Waals surface area contributed by atoms with Crippen LogP contribution in [0.2, 0.25) is 0 Å². The van der Waals surface area contributed by atoms with Crippen LogP contribution in [0.25, 0.3) is 0 Å². The van der Waals surface area contributed by atoms with Gasteiger partial charge in [0.1, 0.15) is 12.4 Å². The number of sulfonamides is 1. The van der Waals surface area contributed by atoms with Gasteiger partial charge in [-0.3, -0.25) is 10.1 Å². The standard InChI is InChI=1S/C13H12N2O5S/c14-21(18,19)13-6-4-12(5-7-13)20-9-10-2-1-3-11(8-10)15(16)17/h1-8H,9H2,(H2,14,18,19). The summed E-state index contributed by atoms with van der Waals surface area (Å²) < 4.78 is 27.6. The molecule has 2 rings (SSSR count). The van der Waals surface area contributed by atoms with Gasteiger partial charge in [-0.25, -0.2) is 13.6 Å². The van der Waals surface area contributed by atoms with Crippen molar-refractivity contribution < 1.29 is 18.1 Å². The van der Waals surface area contributed by atoms with E-state index in [9.17, 15) is 18.5 Å². The fraction of sp³-hybridized carbons (Fsp3) is 0.0769. The van der Waals surface area contributed by atoms with Gasteiger partial charge in [-0.1, -0.05) is 12.1 Å². The third-order valence-corrected chi connectivity index (χ3v) is 3.61. The summed E-state index contributed by atoms with van der Waals surface area (Å²) in [6, 6.07) is 11.7. The Morgan fingerprint density at radius 1 is 1.14 bits per heavy atom. The second-order valence-corrected chi connectivity index (χ2v) is 5.79. The second kappa shape index (κ2) is 5.90. The normalized spacial score (nSPS) is 11.1. The Morgan fingerprint density at radius 2 is 1.81 bits per heavy atom. The highest BCUT2D eigenvalue weighted by Crippen LogP contribution is 2.18. The number of nitrogens with zero attached hydrogens (tertiary/aromatic N) is 1. The lowest BCUT2D eigenvalue weighted by molar-refractivity contribution is -0.384. The summed E-state index contributed by atoms with van der Waals surface area (Å²) in [6.07, 6.45) is 0. The highest BCUT2D eigenvalue weighted by Gasteiger charge is 2.08. The van der Waals surface area contributed by atoms with Crippen LogP contribution in [0.1, 0.15) is 5.56 Å². The van der Waals surface area contributed by atoms with E-state index in [1.54, 1.807) is 12.1 Å². The molecule has 8 heteroatoms. The predicted octanol–water partition coefficient (Wildman–Crippen LogP) is 1.82. The number of ether oxygens (including phenoxy) is 1. The zero-order valence-corrected chi connectivity index (χ0v) is 11.6. The van der Waals surface area contributed by atoms with Crippen molar-refractivity contribution in [2.45, 2.75) is 11.5 Å². The van der Waals surface area contributed by atoms with Gasteiger partial charge in [-0.05, 0) is 29.8 Å². The monoisotopic (exact) mass is 308 g/mol. The van der Waals surface area contributed by atoms with E-state index in [0.29, 0.717) is 11.3 Å². The van der Waals surface area contributed by atoms with E-state index in [1.165, 1.54) is 36.4 Å². The molecule has 0 aromatic heterocycles. The number of nitrogens with two attached hydrogens (primary N) is 1. The van der Waals surface area contributed by atoms with Gasteiger partial charge in [-0.2, -0.15) is 0 Å². The number of non-ortho nitro benzene ring substituents is 1. The van der Waals surface area contributed by atoms with E-state index in [-0.39, 0.29) is 17.2 Å². The first-order valence-corrected chi connectivity index (χ1v) is 7.40. The number of rotatable bonds is 5. The molecule has 2 N–H and O–H groups in total. The highest BCUT2D eigenvalue weighted by molar-refractivity contribution is 7.89. The first-order chi connectivity index (χ1) is 9.86. The lowest BCUT2D eigenvalue weighted by Gasteiger charge is -2.06. The quantitative estimate of drug-likeness (QED) is 0.668. The molecule has 0 aliphatic carbocycles. The van der Waals surface area contributed by atoms with E-state index in [4.69, 9.17) is 9.88 Å². The molecule has 0 unspecified atom stereocenters. The first-order valence-electron chi connectivity index (χ1n) is 5.85. The smallest absolute Gasteiger partial charge is 0.269 e. The zero-order chi connectivity index (χ0) is 15.5. The molecule has 0 aliphatic heterocycles. The van der Waals surface area contributed by atoms with Crippen LogP contribution >= 0.6 is 0 Å². The van der Waals surface area contributed by atoms with Crippen molar-refractivity contribution in [2.24, 2.45) is 5.14 Å². The molecule has 110 valence electrons. The summed E-state index contributed by atoms with van der Waals surface area (Å²) in [5.41, 5.74) is 0.625. The van der Waals surface area contributed by atoms with Crippen molar-refractivity contribution >= 4 is 15.7 Å². The van der Waals surface area contributed by atoms with Crippen LogP contribution in [0.3, 0.4) is 0 Å². The van der Waals surface area contributed by atoms with Gasteiger partial charge >= 0.3 is 0 Å². The van der Waals surface area contributed by atoms with Gasteiger partial charge in [0.05, 0.1) is 9.82 Å². The van der Waals surface area contributed by atoms with Crippen molar-refractivity contribution in [2.75, 3.05) is 0 Å². The summed E-state index contributed by atoms with van der Waals surface area (Å²) in [4.78, 5) is 10.2. The SMILES string of the molecule is NS(=O)(=O)c1ccc(OCc2cccc([N+](=O)[O-])c2)cc1. The molecule has 0 aliphatic rings. The minimum atomic E-state index is -3.73. The Hall–Kier alpha value is -2.45. The van der Waals surface area contributed by atoms with Crippen LogP contribution in [0.5, 0.6) is 5.75 Å². The second-order valence-electron chi connectivity index (χ2n) is 4.23. The third kappa shape index (κ3) is 4.01. The predicted molar refractivity (Wildman–Crippen MR) is 75.2 cm³/mol. The largest absolute Gasteiger partial charge is 0.489 e. The van der Waals surface area contributed by atoms with Crippen LogP contribution < -0.4 is 9.88 Å². The average molecular weight is 308 g/mol. The molecule has 2 aromatic rings. The Balaban J connectivity index is 2.06. The molecule has 0 atom stereocenters. The Kier molecular flexibility index (Phi) is 4.20. The minimum Gasteiger partial charge on any atom is -0.489 e. The van der Waals surface area contributed by atoms with Gasteiger partial charge in [0.2, 0.25) is 10.0 Å². The van der Waals surface area contributed by atoms with E-state index >= 15 is 0 Å². The van der Waals surface area contributed by atoms with Gasteiger partial charge in [0, 0.05) is 12.1 Å². The fourth-order valence-electron chi connectivity index (χ4n) is 1.65. The number of nitro benzene ring substituents is 1. The van der Waals surface area contributed by atoms with E-state index < -0.39 is 14.9 Å². The third-order valence-electron chi connectivity index (χ3n) is 2.68. The Labute approximate surface area is 121 Å².